The fourth-order valence-electron chi connectivity index (χ4n) is 2.33. The first-order chi connectivity index (χ1) is 13.2. The molecule has 0 spiro atoms. The molecule has 0 aromatic heterocycles. The van der Waals surface area contributed by atoms with Crippen molar-refractivity contribution < 1.29 is 27.8 Å². The molecule has 0 bridgehead atoms. The Hall–Kier alpha value is -2.65. The van der Waals surface area contributed by atoms with Gasteiger partial charge in [0.05, 0.1) is 28.3 Å². The third kappa shape index (κ3) is 4.42. The highest BCUT2D eigenvalue weighted by atomic mass is 35.5. The van der Waals surface area contributed by atoms with Gasteiger partial charge in [-0.25, -0.2) is 4.99 Å². The molecule has 1 aliphatic rings. The molecule has 2 aromatic rings. The van der Waals surface area contributed by atoms with E-state index in [4.69, 9.17) is 16.3 Å². The monoisotopic (exact) mass is 428 g/mol. The summed E-state index contributed by atoms with van der Waals surface area (Å²) in [4.78, 5) is 16.5. The number of carbonyl (C=O) groups is 1. The number of nitrogens with zero attached hydrogens (tertiary/aromatic N) is 1. The van der Waals surface area contributed by atoms with Gasteiger partial charge in [-0.3, -0.25) is 4.79 Å². The van der Waals surface area contributed by atoms with Crippen LogP contribution in [0.2, 0.25) is 5.02 Å². The number of phenols is 1. The van der Waals surface area contributed by atoms with Crippen molar-refractivity contribution in [3.8, 4) is 11.5 Å². The average Bonchev–Trinajstić information content (AvgIpc) is 2.96. The number of hydrogen-bond acceptors (Lipinski definition) is 5. The molecule has 10 heteroatoms. The maximum Gasteiger partial charge on any atom is 0.416 e. The molecule has 2 N–H and O–H groups in total. The van der Waals surface area contributed by atoms with Gasteiger partial charge in [0.25, 0.3) is 5.91 Å². The van der Waals surface area contributed by atoms with Crippen LogP contribution < -0.4 is 10.1 Å². The summed E-state index contributed by atoms with van der Waals surface area (Å²) >= 11 is 6.89. The number of phenolic OH excluding ortho intramolecular Hbond substituents is 1. The molecule has 0 radical (unpaired) electrons. The Kier molecular flexibility index (Phi) is 5.57. The third-order valence-electron chi connectivity index (χ3n) is 3.62. The molecular weight excluding hydrogens is 417 g/mol. The van der Waals surface area contributed by atoms with Crippen molar-refractivity contribution >= 4 is 46.2 Å². The minimum Gasteiger partial charge on any atom is -0.503 e. The van der Waals surface area contributed by atoms with E-state index in [1.54, 1.807) is 0 Å². The summed E-state index contributed by atoms with van der Waals surface area (Å²) in [6, 6.07) is 7.42. The van der Waals surface area contributed by atoms with E-state index in [9.17, 15) is 23.1 Å². The largest absolute Gasteiger partial charge is 0.503 e. The van der Waals surface area contributed by atoms with Crippen LogP contribution in [0.5, 0.6) is 11.5 Å². The number of aliphatic imine (C=N–C) groups is 1. The van der Waals surface area contributed by atoms with Gasteiger partial charge in [0.1, 0.15) is 0 Å². The number of thioether (sulfide) groups is 1. The Morgan fingerprint density at radius 1 is 1.29 bits per heavy atom. The normalized spacial score (nSPS) is 17.2. The van der Waals surface area contributed by atoms with Crippen LogP contribution in [0.1, 0.15) is 11.1 Å². The number of alkyl halides is 3. The fraction of sp³-hybridized carbons (Fsp3) is 0.111. The van der Waals surface area contributed by atoms with Crippen LogP contribution in [0.25, 0.3) is 6.08 Å². The summed E-state index contributed by atoms with van der Waals surface area (Å²) in [6.45, 7) is 0. The van der Waals surface area contributed by atoms with Crippen LogP contribution in [0, 0.1) is 0 Å². The zero-order valence-electron chi connectivity index (χ0n) is 14.2. The lowest BCUT2D eigenvalue weighted by Crippen LogP contribution is -2.19. The van der Waals surface area contributed by atoms with Crippen molar-refractivity contribution in [1.82, 2.24) is 5.32 Å². The molecule has 1 aliphatic heterocycles. The Labute approximate surface area is 166 Å². The summed E-state index contributed by atoms with van der Waals surface area (Å²) in [6.07, 6.45) is -2.98. The third-order valence-corrected chi connectivity index (χ3v) is 4.82. The molecule has 1 fully saturated rings. The van der Waals surface area contributed by atoms with E-state index in [0.29, 0.717) is 5.56 Å². The number of hydrogen-bond donors (Lipinski definition) is 2. The van der Waals surface area contributed by atoms with Crippen molar-refractivity contribution in [1.29, 1.82) is 0 Å². The zero-order valence-corrected chi connectivity index (χ0v) is 15.7. The highest BCUT2D eigenvalue weighted by Gasteiger charge is 2.30. The summed E-state index contributed by atoms with van der Waals surface area (Å²) in [5.41, 5.74) is -0.267. The van der Waals surface area contributed by atoms with Crippen LogP contribution >= 0.6 is 23.4 Å². The average molecular weight is 429 g/mol. The first kappa shape index (κ1) is 20.1. The number of amidine groups is 1. The van der Waals surface area contributed by atoms with Gasteiger partial charge in [0.15, 0.2) is 16.7 Å². The Morgan fingerprint density at radius 2 is 2.04 bits per heavy atom. The highest BCUT2D eigenvalue weighted by Crippen LogP contribution is 2.37. The van der Waals surface area contributed by atoms with Gasteiger partial charge >= 0.3 is 6.18 Å². The number of halogens is 4. The maximum absolute atomic E-state index is 12.8. The number of carbonyl (C=O) groups excluding carboxylic acids is 1. The van der Waals surface area contributed by atoms with Crippen molar-refractivity contribution in [2.24, 2.45) is 4.99 Å². The Bertz CT molecular complexity index is 1010. The van der Waals surface area contributed by atoms with E-state index in [0.717, 1.165) is 23.9 Å². The van der Waals surface area contributed by atoms with Crippen LogP contribution in [0.15, 0.2) is 46.3 Å². The number of methoxy groups -OCH3 is 1. The lowest BCUT2D eigenvalue weighted by molar-refractivity contribution is -0.137. The van der Waals surface area contributed by atoms with E-state index in [2.05, 4.69) is 10.3 Å². The summed E-state index contributed by atoms with van der Waals surface area (Å²) in [5.74, 6) is -0.541. The molecule has 5 nitrogen and oxygen atoms in total. The summed E-state index contributed by atoms with van der Waals surface area (Å²) in [7, 11) is 1.36. The van der Waals surface area contributed by atoms with Gasteiger partial charge < -0.3 is 15.2 Å². The van der Waals surface area contributed by atoms with E-state index >= 15 is 0 Å². The van der Waals surface area contributed by atoms with Crippen molar-refractivity contribution in [3.63, 3.8) is 0 Å². The van der Waals surface area contributed by atoms with Crippen LogP contribution in [0.3, 0.4) is 0 Å². The van der Waals surface area contributed by atoms with Gasteiger partial charge in [-0.15, -0.1) is 0 Å². The molecule has 3 rings (SSSR count). The molecular formula is C18H12ClF3N2O3S. The topological polar surface area (TPSA) is 70.9 Å². The van der Waals surface area contributed by atoms with E-state index in [1.165, 1.54) is 37.5 Å². The van der Waals surface area contributed by atoms with Crippen LogP contribution in [-0.4, -0.2) is 23.3 Å². The minimum absolute atomic E-state index is 0.0486. The Morgan fingerprint density at radius 3 is 2.71 bits per heavy atom. The lowest BCUT2D eigenvalue weighted by atomic mass is 10.2. The predicted molar refractivity (Wildman–Crippen MR) is 102 cm³/mol. The highest BCUT2D eigenvalue weighted by molar-refractivity contribution is 8.18. The smallest absolute Gasteiger partial charge is 0.416 e. The van der Waals surface area contributed by atoms with Gasteiger partial charge in [0.2, 0.25) is 0 Å². The van der Waals surface area contributed by atoms with Gasteiger partial charge in [0, 0.05) is 0 Å². The number of aromatic hydroxyl groups is 1. The van der Waals surface area contributed by atoms with Gasteiger partial charge in [-0.05, 0) is 53.7 Å². The van der Waals surface area contributed by atoms with Gasteiger partial charge in [-0.2, -0.15) is 13.2 Å². The van der Waals surface area contributed by atoms with Gasteiger partial charge in [-0.1, -0.05) is 17.7 Å². The lowest BCUT2D eigenvalue weighted by Gasteiger charge is -2.06. The molecule has 1 heterocycles. The maximum atomic E-state index is 12.8. The molecule has 1 amide bonds. The summed E-state index contributed by atoms with van der Waals surface area (Å²) < 4.78 is 43.4. The van der Waals surface area contributed by atoms with E-state index in [1.807, 2.05) is 0 Å². The number of nitrogens with one attached hydrogen (secondary N) is 1. The molecule has 0 atom stereocenters. The fourth-order valence-corrected chi connectivity index (χ4v) is 3.39. The minimum atomic E-state index is -4.48. The van der Waals surface area contributed by atoms with E-state index in [-0.39, 0.29) is 32.3 Å². The molecule has 0 unspecified atom stereocenters. The molecule has 0 saturated carbocycles. The molecule has 28 heavy (non-hydrogen) atoms. The van der Waals surface area contributed by atoms with Crippen LogP contribution in [-0.2, 0) is 11.0 Å². The first-order valence-electron chi connectivity index (χ1n) is 7.70. The molecule has 1 saturated heterocycles. The predicted octanol–water partition coefficient (Wildman–Crippen LogP) is 4.96. The summed E-state index contributed by atoms with van der Waals surface area (Å²) in [5, 5.41) is 12.4. The second kappa shape index (κ2) is 7.76. The number of benzene rings is 2. The molecule has 146 valence electrons. The van der Waals surface area contributed by atoms with Crippen molar-refractivity contribution in [2.75, 3.05) is 7.11 Å². The first-order valence-corrected chi connectivity index (χ1v) is 8.90. The number of amides is 1. The van der Waals surface area contributed by atoms with Crippen LogP contribution in [0.4, 0.5) is 18.9 Å². The zero-order chi connectivity index (χ0) is 20.5. The van der Waals surface area contributed by atoms with E-state index < -0.39 is 17.6 Å². The standard InChI is InChI=1S/C18H12ClF3N2O3S/c1-27-13-6-9(5-12(19)15(13)25)7-14-16(26)24-17(28-14)23-11-4-2-3-10(8-11)18(20,21)22/h2-8,25H,1H3,(H,23,24,26). The van der Waals surface area contributed by atoms with Crippen molar-refractivity contribution in [2.45, 2.75) is 6.18 Å². The number of rotatable bonds is 3. The molecule has 2 aromatic carbocycles. The quantitative estimate of drug-likeness (QED) is 0.677. The van der Waals surface area contributed by atoms with Crippen molar-refractivity contribution in [3.05, 3.63) is 57.5 Å². The second-order valence-electron chi connectivity index (χ2n) is 5.58. The Balaban J connectivity index is 1.87. The SMILES string of the molecule is COc1cc(C=C2SC(=Nc3cccc(C(F)(F)F)c3)NC2=O)cc(Cl)c1O. The molecule has 0 aliphatic carbocycles. The number of ether oxygens (including phenoxy) is 1. The second-order valence-corrected chi connectivity index (χ2v) is 7.02.